The Balaban J connectivity index is 2.58. The van der Waals surface area contributed by atoms with Crippen LogP contribution in [0, 0.1) is 12.7 Å². The molecule has 0 saturated carbocycles. The maximum absolute atomic E-state index is 13.5. The van der Waals surface area contributed by atoms with Crippen molar-refractivity contribution < 1.29 is 4.39 Å². The van der Waals surface area contributed by atoms with Gasteiger partial charge >= 0.3 is 0 Å². The molecule has 0 aliphatic carbocycles. The predicted octanol–water partition coefficient (Wildman–Crippen LogP) is 2.83. The second-order valence-electron chi connectivity index (χ2n) is 3.42. The molecular weight excluding hydrogens is 229 g/mol. The van der Waals surface area contributed by atoms with E-state index in [0.29, 0.717) is 22.1 Å². The number of aromatic nitrogens is 2. The van der Waals surface area contributed by atoms with E-state index >= 15 is 0 Å². The maximum Gasteiger partial charge on any atom is 0.149 e. The minimum Gasteiger partial charge on any atom is -0.382 e. The van der Waals surface area contributed by atoms with Crippen LogP contribution in [0.4, 0.5) is 10.2 Å². The highest BCUT2D eigenvalue weighted by atomic mass is 35.5. The van der Waals surface area contributed by atoms with Gasteiger partial charge in [0.05, 0.1) is 5.69 Å². The molecule has 2 rings (SSSR count). The monoisotopic (exact) mass is 237 g/mol. The molecule has 16 heavy (non-hydrogen) atoms. The minimum absolute atomic E-state index is 0.322. The van der Waals surface area contributed by atoms with Gasteiger partial charge in [-0.1, -0.05) is 11.6 Å². The highest BCUT2D eigenvalue weighted by molar-refractivity contribution is 6.30. The number of nitrogens with zero attached hydrogens (tertiary/aromatic N) is 2. The summed E-state index contributed by atoms with van der Waals surface area (Å²) < 4.78 is 13.5. The maximum atomic E-state index is 13.5. The number of anilines is 1. The van der Waals surface area contributed by atoms with Crippen LogP contribution in [0.15, 0.2) is 24.3 Å². The van der Waals surface area contributed by atoms with Gasteiger partial charge in [-0.25, -0.2) is 4.39 Å². The Bertz CT molecular complexity index is 543. The quantitative estimate of drug-likeness (QED) is 0.830. The third-order valence-electron chi connectivity index (χ3n) is 2.23. The molecule has 1 aromatic heterocycles. The number of benzene rings is 1. The molecule has 0 fully saturated rings. The molecule has 2 aromatic rings. The molecule has 0 atom stereocenters. The molecule has 1 heterocycles. The Morgan fingerprint density at radius 2 is 2.00 bits per heavy atom. The number of nitrogen functional groups attached to an aromatic ring is 1. The molecule has 3 nitrogen and oxygen atoms in total. The van der Waals surface area contributed by atoms with Crippen molar-refractivity contribution >= 4 is 17.4 Å². The Morgan fingerprint density at radius 3 is 2.69 bits per heavy atom. The third kappa shape index (κ3) is 1.97. The largest absolute Gasteiger partial charge is 0.382 e. The molecule has 0 radical (unpaired) electrons. The molecule has 5 heteroatoms. The fourth-order valence-corrected chi connectivity index (χ4v) is 1.49. The van der Waals surface area contributed by atoms with Gasteiger partial charge in [-0.15, -0.1) is 10.2 Å². The van der Waals surface area contributed by atoms with E-state index in [-0.39, 0.29) is 5.82 Å². The Morgan fingerprint density at radius 1 is 1.25 bits per heavy atom. The first kappa shape index (κ1) is 10.8. The zero-order valence-corrected chi connectivity index (χ0v) is 9.29. The molecule has 2 N–H and O–H groups in total. The number of aryl methyl sites for hydroxylation is 1. The standard InChI is InChI=1S/C11H9ClFN3/c1-6-4-10(15-16-11(6)14)8-5-7(12)2-3-9(8)13/h2-5H,1H3,(H2,14,16). The van der Waals surface area contributed by atoms with Crippen molar-refractivity contribution in [2.45, 2.75) is 6.92 Å². The number of hydrogen-bond acceptors (Lipinski definition) is 3. The van der Waals surface area contributed by atoms with E-state index in [0.717, 1.165) is 5.56 Å². The fourth-order valence-electron chi connectivity index (χ4n) is 1.32. The fraction of sp³-hybridized carbons (Fsp3) is 0.0909. The van der Waals surface area contributed by atoms with Gasteiger partial charge in [-0.05, 0) is 36.8 Å². The van der Waals surface area contributed by atoms with Crippen LogP contribution in [-0.2, 0) is 0 Å². The highest BCUT2D eigenvalue weighted by Crippen LogP contribution is 2.25. The second-order valence-corrected chi connectivity index (χ2v) is 3.86. The van der Waals surface area contributed by atoms with Crippen molar-refractivity contribution in [3.63, 3.8) is 0 Å². The zero-order chi connectivity index (χ0) is 11.7. The van der Waals surface area contributed by atoms with E-state index in [2.05, 4.69) is 10.2 Å². The van der Waals surface area contributed by atoms with Crippen molar-refractivity contribution in [3.8, 4) is 11.3 Å². The third-order valence-corrected chi connectivity index (χ3v) is 2.46. The highest BCUT2D eigenvalue weighted by Gasteiger charge is 2.09. The second kappa shape index (κ2) is 4.06. The van der Waals surface area contributed by atoms with Gasteiger partial charge in [0.1, 0.15) is 11.6 Å². The van der Waals surface area contributed by atoms with Crippen molar-refractivity contribution in [2.75, 3.05) is 5.73 Å². The number of rotatable bonds is 1. The van der Waals surface area contributed by atoms with Crippen LogP contribution in [0.25, 0.3) is 11.3 Å². The first-order valence-corrected chi connectivity index (χ1v) is 5.01. The van der Waals surface area contributed by atoms with Crippen LogP contribution in [-0.4, -0.2) is 10.2 Å². The van der Waals surface area contributed by atoms with Crippen molar-refractivity contribution in [3.05, 3.63) is 40.7 Å². The molecule has 0 bridgehead atoms. The van der Waals surface area contributed by atoms with Gasteiger partial charge in [0.2, 0.25) is 0 Å². The lowest BCUT2D eigenvalue weighted by molar-refractivity contribution is 0.630. The van der Waals surface area contributed by atoms with Crippen LogP contribution in [0.3, 0.4) is 0 Å². The SMILES string of the molecule is Cc1cc(-c2cc(Cl)ccc2F)nnc1N. The summed E-state index contributed by atoms with van der Waals surface area (Å²) in [4.78, 5) is 0. The summed E-state index contributed by atoms with van der Waals surface area (Å²) in [5, 5.41) is 8.03. The number of halogens is 2. The predicted molar refractivity (Wildman–Crippen MR) is 61.6 cm³/mol. The molecule has 0 saturated heterocycles. The molecule has 1 aromatic carbocycles. The van der Waals surface area contributed by atoms with Crippen LogP contribution in [0.5, 0.6) is 0 Å². The molecule has 0 spiro atoms. The molecule has 0 aliphatic rings. The lowest BCUT2D eigenvalue weighted by Crippen LogP contribution is -1.98. The van der Waals surface area contributed by atoms with Crippen LogP contribution < -0.4 is 5.73 Å². The van der Waals surface area contributed by atoms with E-state index in [1.54, 1.807) is 13.0 Å². The lowest BCUT2D eigenvalue weighted by Gasteiger charge is -2.04. The molecule has 82 valence electrons. The van der Waals surface area contributed by atoms with Crippen LogP contribution in [0.1, 0.15) is 5.56 Å². The van der Waals surface area contributed by atoms with Gasteiger partial charge in [0, 0.05) is 10.6 Å². The summed E-state index contributed by atoms with van der Waals surface area (Å²) in [5.41, 5.74) is 7.04. The van der Waals surface area contributed by atoms with E-state index < -0.39 is 0 Å². The lowest BCUT2D eigenvalue weighted by atomic mass is 10.1. The summed E-state index contributed by atoms with van der Waals surface area (Å²) in [6.45, 7) is 1.79. The average molecular weight is 238 g/mol. The zero-order valence-electron chi connectivity index (χ0n) is 8.54. The van der Waals surface area contributed by atoms with Crippen molar-refractivity contribution in [1.82, 2.24) is 10.2 Å². The Kier molecular flexibility index (Phi) is 2.75. The van der Waals surface area contributed by atoms with Crippen LogP contribution in [0.2, 0.25) is 5.02 Å². The van der Waals surface area contributed by atoms with Gasteiger partial charge in [0.15, 0.2) is 0 Å². The normalized spacial score (nSPS) is 10.4. The summed E-state index contributed by atoms with van der Waals surface area (Å²) >= 11 is 5.80. The topological polar surface area (TPSA) is 51.8 Å². The Labute approximate surface area is 97.1 Å². The molecular formula is C11H9ClFN3. The summed E-state index contributed by atoms with van der Waals surface area (Å²) in [5.74, 6) is -0.0472. The molecule has 0 unspecified atom stereocenters. The summed E-state index contributed by atoms with van der Waals surface area (Å²) in [6, 6.07) is 5.97. The smallest absolute Gasteiger partial charge is 0.149 e. The first-order valence-electron chi connectivity index (χ1n) is 4.63. The van der Waals surface area contributed by atoms with Gasteiger partial charge in [-0.2, -0.15) is 0 Å². The van der Waals surface area contributed by atoms with Crippen molar-refractivity contribution in [1.29, 1.82) is 0 Å². The number of hydrogen-bond donors (Lipinski definition) is 1. The van der Waals surface area contributed by atoms with Gasteiger partial charge in [0.25, 0.3) is 0 Å². The van der Waals surface area contributed by atoms with E-state index in [1.807, 2.05) is 0 Å². The molecule has 0 amide bonds. The van der Waals surface area contributed by atoms with Crippen LogP contribution >= 0.6 is 11.6 Å². The Hall–Kier alpha value is -1.68. The number of nitrogens with two attached hydrogens (primary N) is 1. The summed E-state index contributed by atoms with van der Waals surface area (Å²) in [7, 11) is 0. The van der Waals surface area contributed by atoms with E-state index in [9.17, 15) is 4.39 Å². The van der Waals surface area contributed by atoms with E-state index in [1.165, 1.54) is 18.2 Å². The van der Waals surface area contributed by atoms with Crippen molar-refractivity contribution in [2.24, 2.45) is 0 Å². The molecule has 0 aliphatic heterocycles. The first-order chi connectivity index (χ1) is 7.58. The minimum atomic E-state index is -0.386. The van der Waals surface area contributed by atoms with Gasteiger partial charge in [-0.3, -0.25) is 0 Å². The summed E-state index contributed by atoms with van der Waals surface area (Å²) in [6.07, 6.45) is 0. The average Bonchev–Trinajstić information content (AvgIpc) is 2.26. The van der Waals surface area contributed by atoms with E-state index in [4.69, 9.17) is 17.3 Å². The van der Waals surface area contributed by atoms with Gasteiger partial charge < -0.3 is 5.73 Å².